The number of benzene rings is 1. The van der Waals surface area contributed by atoms with Gasteiger partial charge in [0.15, 0.2) is 0 Å². The summed E-state index contributed by atoms with van der Waals surface area (Å²) in [6.07, 6.45) is 0.323. The lowest BCUT2D eigenvalue weighted by Gasteiger charge is -2.04. The Morgan fingerprint density at radius 2 is 2.15 bits per heavy atom. The fourth-order valence-electron chi connectivity index (χ4n) is 1.07. The minimum atomic E-state index is 0.323. The molecule has 3 heteroatoms. The molecule has 0 saturated carbocycles. The van der Waals surface area contributed by atoms with Crippen molar-refractivity contribution >= 4 is 5.69 Å². The van der Waals surface area contributed by atoms with Gasteiger partial charge in [-0.25, -0.2) is 0 Å². The van der Waals surface area contributed by atoms with Crippen LogP contribution in [0.1, 0.15) is 0 Å². The van der Waals surface area contributed by atoms with Crippen molar-refractivity contribution in [3.8, 4) is 5.75 Å². The first-order chi connectivity index (χ1) is 6.38. The Kier molecular flexibility index (Phi) is 2.36. The lowest BCUT2D eigenvalue weighted by atomic mass is 10.3. The molecule has 1 saturated heterocycles. The van der Waals surface area contributed by atoms with Crippen molar-refractivity contribution in [2.24, 2.45) is 0 Å². The molecule has 0 bridgehead atoms. The Morgan fingerprint density at radius 3 is 2.69 bits per heavy atom. The average molecular weight is 179 g/mol. The monoisotopic (exact) mass is 179 g/mol. The summed E-state index contributed by atoms with van der Waals surface area (Å²) in [5.41, 5.74) is 1.09. The molecule has 1 fully saturated rings. The van der Waals surface area contributed by atoms with Gasteiger partial charge in [-0.3, -0.25) is 0 Å². The first-order valence-corrected chi connectivity index (χ1v) is 4.41. The minimum Gasteiger partial charge on any atom is -0.491 e. The van der Waals surface area contributed by atoms with E-state index in [1.54, 1.807) is 0 Å². The molecule has 1 aliphatic rings. The van der Waals surface area contributed by atoms with Crippen LogP contribution in [0.4, 0.5) is 5.69 Å². The van der Waals surface area contributed by atoms with E-state index in [9.17, 15) is 0 Å². The maximum Gasteiger partial charge on any atom is 0.119 e. The van der Waals surface area contributed by atoms with Gasteiger partial charge in [0.1, 0.15) is 18.5 Å². The molecular formula is C10H13NO2. The van der Waals surface area contributed by atoms with Gasteiger partial charge in [0.2, 0.25) is 0 Å². The van der Waals surface area contributed by atoms with E-state index >= 15 is 0 Å². The Labute approximate surface area is 77.7 Å². The largest absolute Gasteiger partial charge is 0.491 e. The van der Waals surface area contributed by atoms with Crippen LogP contribution in [0.3, 0.4) is 0 Å². The van der Waals surface area contributed by atoms with E-state index < -0.39 is 0 Å². The minimum absolute atomic E-state index is 0.323. The molecule has 1 aliphatic heterocycles. The van der Waals surface area contributed by atoms with Gasteiger partial charge in [0.05, 0.1) is 6.61 Å². The smallest absolute Gasteiger partial charge is 0.119 e. The van der Waals surface area contributed by atoms with Gasteiger partial charge in [0, 0.05) is 12.7 Å². The number of hydrogen-bond donors (Lipinski definition) is 1. The summed E-state index contributed by atoms with van der Waals surface area (Å²) in [6, 6.07) is 7.88. The van der Waals surface area contributed by atoms with Gasteiger partial charge in [-0.15, -0.1) is 0 Å². The van der Waals surface area contributed by atoms with Gasteiger partial charge < -0.3 is 14.8 Å². The highest BCUT2D eigenvalue weighted by Crippen LogP contribution is 2.17. The number of nitrogens with one attached hydrogen (secondary N) is 1. The fourth-order valence-corrected chi connectivity index (χ4v) is 1.07. The highest BCUT2D eigenvalue weighted by atomic mass is 16.6. The van der Waals surface area contributed by atoms with Crippen LogP contribution in [-0.2, 0) is 4.74 Å². The number of rotatable bonds is 4. The van der Waals surface area contributed by atoms with Gasteiger partial charge in [0.25, 0.3) is 0 Å². The fraction of sp³-hybridized carbons (Fsp3) is 0.400. The zero-order chi connectivity index (χ0) is 9.10. The maximum atomic E-state index is 5.48. The molecular weight excluding hydrogens is 166 g/mol. The van der Waals surface area contributed by atoms with Crippen LogP contribution >= 0.6 is 0 Å². The predicted octanol–water partition coefficient (Wildman–Crippen LogP) is 1.51. The summed E-state index contributed by atoms with van der Waals surface area (Å²) in [7, 11) is 1.90. The zero-order valence-corrected chi connectivity index (χ0v) is 7.62. The van der Waals surface area contributed by atoms with Crippen molar-refractivity contribution in [3.63, 3.8) is 0 Å². The van der Waals surface area contributed by atoms with Crippen LogP contribution in [0.15, 0.2) is 24.3 Å². The third-order valence-corrected chi connectivity index (χ3v) is 1.98. The van der Waals surface area contributed by atoms with Crippen molar-refractivity contribution < 1.29 is 9.47 Å². The molecule has 1 heterocycles. The number of anilines is 1. The summed E-state index contributed by atoms with van der Waals surface area (Å²) >= 11 is 0. The van der Waals surface area contributed by atoms with Crippen molar-refractivity contribution in [1.82, 2.24) is 0 Å². The van der Waals surface area contributed by atoms with Crippen molar-refractivity contribution in [1.29, 1.82) is 0 Å². The van der Waals surface area contributed by atoms with Crippen LogP contribution < -0.4 is 10.1 Å². The molecule has 1 unspecified atom stereocenters. The quantitative estimate of drug-likeness (QED) is 0.711. The molecule has 2 rings (SSSR count). The van der Waals surface area contributed by atoms with Gasteiger partial charge in [-0.1, -0.05) is 0 Å². The normalized spacial score (nSPS) is 19.6. The van der Waals surface area contributed by atoms with E-state index in [2.05, 4.69) is 5.32 Å². The Balaban J connectivity index is 1.88. The summed E-state index contributed by atoms with van der Waals surface area (Å²) in [6.45, 7) is 1.51. The Hall–Kier alpha value is -1.22. The molecule has 1 aromatic carbocycles. The molecule has 0 aromatic heterocycles. The first kappa shape index (κ1) is 8.38. The average Bonchev–Trinajstić information content (AvgIpc) is 2.99. The Morgan fingerprint density at radius 1 is 1.46 bits per heavy atom. The Bertz CT molecular complexity index is 267. The van der Waals surface area contributed by atoms with Gasteiger partial charge in [-0.05, 0) is 24.3 Å². The van der Waals surface area contributed by atoms with Crippen LogP contribution in [0.5, 0.6) is 5.75 Å². The number of hydrogen-bond acceptors (Lipinski definition) is 3. The van der Waals surface area contributed by atoms with E-state index in [0.29, 0.717) is 12.7 Å². The zero-order valence-electron chi connectivity index (χ0n) is 7.62. The molecule has 0 aliphatic carbocycles. The second kappa shape index (κ2) is 3.66. The summed E-state index contributed by atoms with van der Waals surface area (Å²) in [5.74, 6) is 0.898. The molecule has 1 atom stereocenters. The lowest BCUT2D eigenvalue weighted by molar-refractivity contribution is 0.263. The number of ether oxygens (including phenoxy) is 2. The highest BCUT2D eigenvalue weighted by Gasteiger charge is 2.22. The molecule has 0 amide bonds. The predicted molar refractivity (Wildman–Crippen MR) is 51.2 cm³/mol. The van der Waals surface area contributed by atoms with Gasteiger partial charge in [-0.2, -0.15) is 0 Å². The lowest BCUT2D eigenvalue weighted by Crippen LogP contribution is -2.03. The molecule has 1 N–H and O–H groups in total. The molecule has 1 aromatic rings. The van der Waals surface area contributed by atoms with E-state index in [4.69, 9.17) is 9.47 Å². The second-order valence-electron chi connectivity index (χ2n) is 3.04. The van der Waals surface area contributed by atoms with Crippen LogP contribution in [-0.4, -0.2) is 26.4 Å². The molecule has 13 heavy (non-hydrogen) atoms. The summed E-state index contributed by atoms with van der Waals surface area (Å²) in [4.78, 5) is 0. The summed E-state index contributed by atoms with van der Waals surface area (Å²) in [5, 5.41) is 3.05. The van der Waals surface area contributed by atoms with Gasteiger partial charge >= 0.3 is 0 Å². The van der Waals surface area contributed by atoms with E-state index in [-0.39, 0.29) is 0 Å². The van der Waals surface area contributed by atoms with Crippen LogP contribution in [0, 0.1) is 0 Å². The van der Waals surface area contributed by atoms with E-state index in [1.807, 2.05) is 31.3 Å². The maximum absolute atomic E-state index is 5.48. The third kappa shape index (κ3) is 2.36. The van der Waals surface area contributed by atoms with E-state index in [1.165, 1.54) is 0 Å². The summed E-state index contributed by atoms with van der Waals surface area (Å²) < 4.78 is 10.5. The van der Waals surface area contributed by atoms with Crippen molar-refractivity contribution in [2.75, 3.05) is 25.6 Å². The number of epoxide rings is 1. The van der Waals surface area contributed by atoms with Crippen LogP contribution in [0.2, 0.25) is 0 Å². The highest BCUT2D eigenvalue weighted by molar-refractivity contribution is 5.45. The molecule has 70 valence electrons. The molecule has 3 nitrogen and oxygen atoms in total. The standard InChI is InChI=1S/C10H13NO2/c1-11-8-2-4-9(5-3-8)12-6-10-7-13-10/h2-5,10-11H,6-7H2,1H3. The SMILES string of the molecule is CNc1ccc(OCC2CO2)cc1. The third-order valence-electron chi connectivity index (χ3n) is 1.98. The molecule has 0 spiro atoms. The van der Waals surface area contributed by atoms with Crippen LogP contribution in [0.25, 0.3) is 0 Å². The van der Waals surface area contributed by atoms with Crippen molar-refractivity contribution in [2.45, 2.75) is 6.10 Å². The topological polar surface area (TPSA) is 33.8 Å². The second-order valence-corrected chi connectivity index (χ2v) is 3.04. The first-order valence-electron chi connectivity index (χ1n) is 4.41. The molecule has 0 radical (unpaired) electrons. The van der Waals surface area contributed by atoms with E-state index in [0.717, 1.165) is 18.0 Å². The van der Waals surface area contributed by atoms with Crippen molar-refractivity contribution in [3.05, 3.63) is 24.3 Å².